The van der Waals surface area contributed by atoms with Crippen LogP contribution in [0, 0.1) is 11.2 Å². The SMILES string of the molecule is CC1(CNS(=O)(=O)c2cc(Cl)cc(N)c2F)CC1. The summed E-state index contributed by atoms with van der Waals surface area (Å²) in [5, 5.41) is 0.0897. The van der Waals surface area contributed by atoms with E-state index in [-0.39, 0.29) is 16.1 Å². The minimum absolute atomic E-state index is 0.00628. The fourth-order valence-corrected chi connectivity index (χ4v) is 3.14. The highest BCUT2D eigenvalue weighted by atomic mass is 35.5. The van der Waals surface area contributed by atoms with E-state index >= 15 is 0 Å². The van der Waals surface area contributed by atoms with Gasteiger partial charge in [0.05, 0.1) is 5.69 Å². The fraction of sp³-hybridized carbons (Fsp3) is 0.455. The van der Waals surface area contributed by atoms with Crippen LogP contribution in [-0.2, 0) is 10.0 Å². The standard InChI is InChI=1S/C11H14ClFN2O2S/c1-11(2-3-11)6-15-18(16,17)9-5-7(12)4-8(14)10(9)13/h4-5,15H,2-3,6,14H2,1H3. The lowest BCUT2D eigenvalue weighted by atomic mass is 10.2. The van der Waals surface area contributed by atoms with Gasteiger partial charge in [0.25, 0.3) is 0 Å². The lowest BCUT2D eigenvalue weighted by molar-refractivity contribution is 0.523. The molecule has 1 aromatic carbocycles. The molecular weight excluding hydrogens is 279 g/mol. The average Bonchev–Trinajstić information content (AvgIpc) is 3.00. The maximum atomic E-state index is 13.7. The first-order chi connectivity index (χ1) is 8.23. The van der Waals surface area contributed by atoms with Crippen LogP contribution < -0.4 is 10.5 Å². The van der Waals surface area contributed by atoms with Gasteiger partial charge >= 0.3 is 0 Å². The smallest absolute Gasteiger partial charge is 0.243 e. The number of hydrogen-bond acceptors (Lipinski definition) is 3. The first kappa shape index (κ1) is 13.6. The fourth-order valence-electron chi connectivity index (χ4n) is 1.52. The van der Waals surface area contributed by atoms with E-state index in [2.05, 4.69) is 4.72 Å². The molecule has 0 heterocycles. The minimum atomic E-state index is -3.92. The van der Waals surface area contributed by atoms with Crippen LogP contribution in [0.4, 0.5) is 10.1 Å². The molecule has 0 aromatic heterocycles. The summed E-state index contributed by atoms with van der Waals surface area (Å²) < 4.78 is 40.0. The third kappa shape index (κ3) is 2.76. The number of nitrogens with two attached hydrogens (primary N) is 1. The maximum absolute atomic E-state index is 13.7. The van der Waals surface area contributed by atoms with Crippen molar-refractivity contribution in [1.29, 1.82) is 0 Å². The van der Waals surface area contributed by atoms with E-state index in [9.17, 15) is 12.8 Å². The Morgan fingerprint density at radius 3 is 2.67 bits per heavy atom. The highest BCUT2D eigenvalue weighted by molar-refractivity contribution is 7.89. The van der Waals surface area contributed by atoms with Crippen molar-refractivity contribution in [2.24, 2.45) is 5.41 Å². The van der Waals surface area contributed by atoms with Crippen LogP contribution in [-0.4, -0.2) is 15.0 Å². The molecule has 7 heteroatoms. The molecule has 3 N–H and O–H groups in total. The highest BCUT2D eigenvalue weighted by Crippen LogP contribution is 2.44. The second-order valence-electron chi connectivity index (χ2n) is 4.94. The van der Waals surface area contributed by atoms with E-state index in [1.54, 1.807) is 0 Å². The number of anilines is 1. The Hall–Kier alpha value is -0.850. The minimum Gasteiger partial charge on any atom is -0.396 e. The maximum Gasteiger partial charge on any atom is 0.243 e. The molecule has 18 heavy (non-hydrogen) atoms. The van der Waals surface area contributed by atoms with Crippen molar-refractivity contribution in [2.45, 2.75) is 24.7 Å². The molecule has 0 unspecified atom stereocenters. The van der Waals surface area contributed by atoms with E-state index in [4.69, 9.17) is 17.3 Å². The number of hydrogen-bond donors (Lipinski definition) is 2. The van der Waals surface area contributed by atoms with Gasteiger partial charge in [0.1, 0.15) is 4.90 Å². The summed E-state index contributed by atoms with van der Waals surface area (Å²) in [5.74, 6) is -0.965. The Bertz CT molecular complexity index is 585. The summed E-state index contributed by atoms with van der Waals surface area (Å²) in [6, 6.07) is 2.24. The number of halogens is 2. The van der Waals surface area contributed by atoms with E-state index in [1.165, 1.54) is 6.07 Å². The van der Waals surface area contributed by atoms with Crippen LogP contribution in [0.25, 0.3) is 0 Å². The van der Waals surface area contributed by atoms with Crippen molar-refractivity contribution in [1.82, 2.24) is 4.72 Å². The van der Waals surface area contributed by atoms with Crippen molar-refractivity contribution in [3.8, 4) is 0 Å². The van der Waals surface area contributed by atoms with Gasteiger partial charge in [-0.25, -0.2) is 17.5 Å². The van der Waals surface area contributed by atoms with Crippen LogP contribution in [0.2, 0.25) is 5.02 Å². The largest absolute Gasteiger partial charge is 0.396 e. The van der Waals surface area contributed by atoms with Gasteiger partial charge in [-0.2, -0.15) is 0 Å². The molecule has 2 rings (SSSR count). The lowest BCUT2D eigenvalue weighted by Gasteiger charge is -2.12. The zero-order valence-electron chi connectivity index (χ0n) is 9.83. The Morgan fingerprint density at radius 1 is 1.50 bits per heavy atom. The lowest BCUT2D eigenvalue weighted by Crippen LogP contribution is -2.30. The predicted octanol–water partition coefficient (Wildman–Crippen LogP) is 2.14. The number of nitrogens with one attached hydrogen (secondary N) is 1. The molecule has 1 aliphatic carbocycles. The Kier molecular flexibility index (Phi) is 3.29. The molecule has 0 spiro atoms. The molecule has 1 aromatic rings. The molecule has 0 amide bonds. The molecule has 0 bridgehead atoms. The van der Waals surface area contributed by atoms with Crippen LogP contribution in [0.15, 0.2) is 17.0 Å². The Balaban J connectivity index is 2.29. The molecule has 1 saturated carbocycles. The van der Waals surface area contributed by atoms with Gasteiger partial charge in [0.15, 0.2) is 5.82 Å². The van der Waals surface area contributed by atoms with Crippen LogP contribution in [0.3, 0.4) is 0 Å². The van der Waals surface area contributed by atoms with E-state index in [0.717, 1.165) is 18.9 Å². The van der Waals surface area contributed by atoms with Crippen molar-refractivity contribution in [3.05, 3.63) is 23.0 Å². The van der Waals surface area contributed by atoms with Gasteiger partial charge in [-0.05, 0) is 30.4 Å². The molecule has 0 saturated heterocycles. The van der Waals surface area contributed by atoms with Gasteiger partial charge in [-0.15, -0.1) is 0 Å². The molecule has 4 nitrogen and oxygen atoms in total. The third-order valence-electron chi connectivity index (χ3n) is 3.11. The van der Waals surface area contributed by atoms with Gasteiger partial charge in [0.2, 0.25) is 10.0 Å². The Morgan fingerprint density at radius 2 is 2.11 bits per heavy atom. The number of sulfonamides is 1. The summed E-state index contributed by atoms with van der Waals surface area (Å²) in [4.78, 5) is -0.503. The van der Waals surface area contributed by atoms with Crippen molar-refractivity contribution in [2.75, 3.05) is 12.3 Å². The number of nitrogen functional groups attached to an aromatic ring is 1. The third-order valence-corrected chi connectivity index (χ3v) is 4.73. The summed E-state index contributed by atoms with van der Waals surface area (Å²) in [7, 11) is -3.92. The summed E-state index contributed by atoms with van der Waals surface area (Å²) in [5.41, 5.74) is 5.08. The topological polar surface area (TPSA) is 72.2 Å². The summed E-state index contributed by atoms with van der Waals surface area (Å²) in [6.45, 7) is 2.26. The predicted molar refractivity (Wildman–Crippen MR) is 68.4 cm³/mol. The van der Waals surface area contributed by atoms with Crippen molar-refractivity contribution >= 4 is 27.3 Å². The van der Waals surface area contributed by atoms with Crippen molar-refractivity contribution < 1.29 is 12.8 Å². The van der Waals surface area contributed by atoms with Crippen LogP contribution >= 0.6 is 11.6 Å². The summed E-state index contributed by atoms with van der Waals surface area (Å²) >= 11 is 5.69. The molecular formula is C11H14ClFN2O2S. The first-order valence-electron chi connectivity index (χ1n) is 5.48. The highest BCUT2D eigenvalue weighted by Gasteiger charge is 2.38. The van der Waals surface area contributed by atoms with Crippen LogP contribution in [0.1, 0.15) is 19.8 Å². The molecule has 0 atom stereocenters. The average molecular weight is 293 g/mol. The van der Waals surface area contributed by atoms with E-state index in [0.29, 0.717) is 6.54 Å². The second-order valence-corrected chi connectivity index (χ2v) is 7.11. The molecule has 100 valence electrons. The molecule has 0 radical (unpaired) electrons. The van der Waals surface area contributed by atoms with E-state index in [1.807, 2.05) is 6.92 Å². The molecule has 1 fully saturated rings. The zero-order chi connectivity index (χ0) is 13.6. The zero-order valence-corrected chi connectivity index (χ0v) is 11.4. The summed E-state index contributed by atoms with van der Waals surface area (Å²) in [6.07, 6.45) is 1.94. The van der Waals surface area contributed by atoms with Gasteiger partial charge in [0, 0.05) is 11.6 Å². The van der Waals surface area contributed by atoms with Gasteiger partial charge in [-0.3, -0.25) is 0 Å². The van der Waals surface area contributed by atoms with Gasteiger partial charge < -0.3 is 5.73 Å². The quantitative estimate of drug-likeness (QED) is 0.835. The number of benzene rings is 1. The number of rotatable bonds is 4. The monoisotopic (exact) mass is 292 g/mol. The molecule has 1 aliphatic rings. The Labute approximate surface area is 110 Å². The second kappa shape index (κ2) is 4.36. The van der Waals surface area contributed by atoms with E-state index < -0.39 is 20.7 Å². The van der Waals surface area contributed by atoms with Crippen molar-refractivity contribution in [3.63, 3.8) is 0 Å². The van der Waals surface area contributed by atoms with Crippen LogP contribution in [0.5, 0.6) is 0 Å². The first-order valence-corrected chi connectivity index (χ1v) is 7.34. The normalized spacial score (nSPS) is 17.7. The van der Waals surface area contributed by atoms with Gasteiger partial charge in [-0.1, -0.05) is 18.5 Å². The molecule has 0 aliphatic heterocycles.